The number of aryl methyl sites for hydroxylation is 1. The van der Waals surface area contributed by atoms with E-state index in [1.54, 1.807) is 0 Å². The van der Waals surface area contributed by atoms with Crippen LogP contribution in [0.1, 0.15) is 29.5 Å². The summed E-state index contributed by atoms with van der Waals surface area (Å²) in [5.41, 5.74) is 6.67. The van der Waals surface area contributed by atoms with Gasteiger partial charge in [0.2, 0.25) is 0 Å². The van der Waals surface area contributed by atoms with E-state index in [1.165, 1.54) is 32.3 Å². The molecular formula is C17H15Br. The molecule has 1 atom stereocenters. The Morgan fingerprint density at radius 1 is 1.00 bits per heavy atom. The van der Waals surface area contributed by atoms with Crippen LogP contribution in [0.4, 0.5) is 0 Å². The molecule has 0 spiro atoms. The summed E-state index contributed by atoms with van der Waals surface area (Å²) >= 11 is 3.80. The molecule has 1 heteroatoms. The first kappa shape index (κ1) is 11.7. The quantitative estimate of drug-likeness (QED) is 0.647. The number of hydrogen-bond donors (Lipinski definition) is 0. The van der Waals surface area contributed by atoms with E-state index in [0.29, 0.717) is 5.92 Å². The van der Waals surface area contributed by atoms with Crippen LogP contribution in [-0.2, 0) is 0 Å². The highest BCUT2D eigenvalue weighted by Crippen LogP contribution is 2.41. The van der Waals surface area contributed by atoms with Crippen molar-refractivity contribution in [3.8, 4) is 11.1 Å². The number of halogens is 1. The van der Waals surface area contributed by atoms with Crippen LogP contribution >= 0.6 is 15.9 Å². The van der Waals surface area contributed by atoms with E-state index >= 15 is 0 Å². The molecule has 0 aromatic heterocycles. The molecule has 90 valence electrons. The largest absolute Gasteiger partial charge is 0.0766 e. The van der Waals surface area contributed by atoms with Crippen molar-refractivity contribution in [3.63, 3.8) is 0 Å². The molecule has 0 aliphatic heterocycles. The first-order chi connectivity index (χ1) is 8.68. The van der Waals surface area contributed by atoms with E-state index in [0.717, 1.165) is 0 Å². The molecule has 2 aromatic rings. The van der Waals surface area contributed by atoms with Gasteiger partial charge in [-0.2, -0.15) is 0 Å². The van der Waals surface area contributed by atoms with Gasteiger partial charge in [-0.15, -0.1) is 0 Å². The van der Waals surface area contributed by atoms with Gasteiger partial charge in [-0.1, -0.05) is 55.5 Å². The van der Waals surface area contributed by atoms with Gasteiger partial charge in [-0.3, -0.25) is 0 Å². The molecule has 0 nitrogen and oxygen atoms in total. The van der Waals surface area contributed by atoms with Crippen molar-refractivity contribution in [2.75, 3.05) is 0 Å². The monoisotopic (exact) mass is 298 g/mol. The molecule has 0 heterocycles. The highest BCUT2D eigenvalue weighted by molar-refractivity contribution is 9.10. The molecule has 0 N–H and O–H groups in total. The molecule has 1 aliphatic carbocycles. The lowest BCUT2D eigenvalue weighted by molar-refractivity contribution is 0.983. The third kappa shape index (κ3) is 1.74. The van der Waals surface area contributed by atoms with Crippen LogP contribution in [-0.4, -0.2) is 0 Å². The van der Waals surface area contributed by atoms with Gasteiger partial charge in [0.15, 0.2) is 0 Å². The van der Waals surface area contributed by atoms with Crippen molar-refractivity contribution in [1.82, 2.24) is 0 Å². The maximum atomic E-state index is 3.80. The summed E-state index contributed by atoms with van der Waals surface area (Å²) in [6.45, 7) is 4.41. The average molecular weight is 299 g/mol. The fourth-order valence-corrected chi connectivity index (χ4v) is 3.58. The lowest BCUT2D eigenvalue weighted by atomic mass is 9.94. The van der Waals surface area contributed by atoms with Gasteiger partial charge < -0.3 is 0 Å². The molecule has 0 saturated carbocycles. The van der Waals surface area contributed by atoms with Crippen LogP contribution in [0.15, 0.2) is 46.9 Å². The molecular weight excluding hydrogens is 284 g/mol. The van der Waals surface area contributed by atoms with Gasteiger partial charge in [-0.25, -0.2) is 0 Å². The maximum Gasteiger partial charge on any atom is 0.0297 e. The molecule has 18 heavy (non-hydrogen) atoms. The highest BCUT2D eigenvalue weighted by atomic mass is 79.9. The van der Waals surface area contributed by atoms with Crippen LogP contribution in [0.25, 0.3) is 17.2 Å². The summed E-state index contributed by atoms with van der Waals surface area (Å²) in [5, 5.41) is 0. The Kier molecular flexibility index (Phi) is 2.87. The lowest BCUT2D eigenvalue weighted by Crippen LogP contribution is -1.93. The van der Waals surface area contributed by atoms with Gasteiger partial charge in [0, 0.05) is 10.4 Å². The zero-order valence-corrected chi connectivity index (χ0v) is 12.2. The highest BCUT2D eigenvalue weighted by Gasteiger charge is 2.19. The van der Waals surface area contributed by atoms with Crippen LogP contribution in [0.2, 0.25) is 0 Å². The number of allylic oxidation sites excluding steroid dienone is 1. The first-order valence-corrected chi connectivity index (χ1v) is 7.04. The minimum atomic E-state index is 0.498. The summed E-state index contributed by atoms with van der Waals surface area (Å²) in [6, 6.07) is 13.0. The van der Waals surface area contributed by atoms with E-state index in [4.69, 9.17) is 0 Å². The molecule has 1 aliphatic rings. The van der Waals surface area contributed by atoms with E-state index in [9.17, 15) is 0 Å². The SMILES string of the molecule is Cc1ccccc1-c1ccc2c(c1Br)C(C)C=C2. The molecule has 0 bridgehead atoms. The Labute approximate surface area is 116 Å². The first-order valence-electron chi connectivity index (χ1n) is 6.25. The zero-order valence-electron chi connectivity index (χ0n) is 10.6. The Morgan fingerprint density at radius 3 is 2.56 bits per heavy atom. The molecule has 0 fully saturated rings. The smallest absolute Gasteiger partial charge is 0.0297 e. The van der Waals surface area contributed by atoms with Crippen LogP contribution in [0.5, 0.6) is 0 Å². The zero-order chi connectivity index (χ0) is 12.7. The molecule has 2 aromatic carbocycles. The summed E-state index contributed by atoms with van der Waals surface area (Å²) in [7, 11) is 0. The molecule has 0 amide bonds. The van der Waals surface area contributed by atoms with Crippen LogP contribution < -0.4 is 0 Å². The summed E-state index contributed by atoms with van der Waals surface area (Å²) in [5.74, 6) is 0.498. The van der Waals surface area contributed by atoms with Crippen LogP contribution in [0, 0.1) is 6.92 Å². The van der Waals surface area contributed by atoms with E-state index in [2.05, 4.69) is 78.3 Å². The van der Waals surface area contributed by atoms with Gasteiger partial charge in [0.25, 0.3) is 0 Å². The number of fused-ring (bicyclic) bond motifs is 1. The Morgan fingerprint density at radius 2 is 1.78 bits per heavy atom. The van der Waals surface area contributed by atoms with Crippen molar-refractivity contribution in [2.45, 2.75) is 19.8 Å². The second-order valence-electron chi connectivity index (χ2n) is 4.89. The third-order valence-electron chi connectivity index (χ3n) is 3.67. The molecule has 0 radical (unpaired) electrons. The summed E-state index contributed by atoms with van der Waals surface area (Å²) in [4.78, 5) is 0. The molecule has 0 saturated heterocycles. The van der Waals surface area contributed by atoms with Crippen molar-refractivity contribution < 1.29 is 0 Å². The number of benzene rings is 2. The lowest BCUT2D eigenvalue weighted by Gasteiger charge is -2.14. The number of rotatable bonds is 1. The van der Waals surface area contributed by atoms with Crippen molar-refractivity contribution in [3.05, 3.63) is 63.6 Å². The van der Waals surface area contributed by atoms with E-state index in [1.807, 2.05) is 0 Å². The fourth-order valence-electron chi connectivity index (χ4n) is 2.64. The van der Waals surface area contributed by atoms with Gasteiger partial charge in [-0.05, 0) is 50.7 Å². The Hall–Kier alpha value is -1.34. The third-order valence-corrected chi connectivity index (χ3v) is 4.52. The van der Waals surface area contributed by atoms with Gasteiger partial charge >= 0.3 is 0 Å². The van der Waals surface area contributed by atoms with E-state index < -0.39 is 0 Å². The van der Waals surface area contributed by atoms with Gasteiger partial charge in [0.05, 0.1) is 0 Å². The second kappa shape index (κ2) is 4.40. The number of hydrogen-bond acceptors (Lipinski definition) is 0. The van der Waals surface area contributed by atoms with Crippen molar-refractivity contribution >= 4 is 22.0 Å². The normalized spacial score (nSPS) is 16.9. The predicted molar refractivity (Wildman–Crippen MR) is 81.8 cm³/mol. The fraction of sp³-hybridized carbons (Fsp3) is 0.176. The molecule has 3 rings (SSSR count). The van der Waals surface area contributed by atoms with Gasteiger partial charge in [0.1, 0.15) is 0 Å². The Balaban J connectivity index is 2.22. The maximum absolute atomic E-state index is 3.80. The minimum Gasteiger partial charge on any atom is -0.0766 e. The minimum absolute atomic E-state index is 0.498. The molecule has 1 unspecified atom stereocenters. The van der Waals surface area contributed by atoms with Crippen molar-refractivity contribution in [2.24, 2.45) is 0 Å². The Bertz CT molecular complexity index is 638. The van der Waals surface area contributed by atoms with Crippen molar-refractivity contribution in [1.29, 1.82) is 0 Å². The van der Waals surface area contributed by atoms with Crippen LogP contribution in [0.3, 0.4) is 0 Å². The summed E-state index contributed by atoms with van der Waals surface area (Å²) in [6.07, 6.45) is 4.48. The average Bonchev–Trinajstić information content (AvgIpc) is 2.74. The summed E-state index contributed by atoms with van der Waals surface area (Å²) < 4.78 is 1.24. The topological polar surface area (TPSA) is 0 Å². The van der Waals surface area contributed by atoms with E-state index in [-0.39, 0.29) is 0 Å². The second-order valence-corrected chi connectivity index (χ2v) is 5.69. The standard InChI is InChI=1S/C17H15Br/c1-11-5-3-4-6-14(11)15-10-9-13-8-7-12(2)16(13)17(15)18/h3-10,12H,1-2H3. The predicted octanol–water partition coefficient (Wildman–Crippen LogP) is 5.55.